The molecule has 0 bridgehead atoms. The highest BCUT2D eigenvalue weighted by molar-refractivity contribution is 4.97. The average Bonchev–Trinajstić information content (AvgIpc) is 2.67. The van der Waals surface area contributed by atoms with E-state index in [2.05, 4.69) is 31.4 Å². The van der Waals surface area contributed by atoms with Crippen molar-refractivity contribution in [2.24, 2.45) is 16.7 Å². The minimum atomic E-state index is 0.555. The zero-order valence-electron chi connectivity index (χ0n) is 10.5. The normalized spacial score (nSPS) is 38.2. The molecule has 2 atom stereocenters. The predicted molar refractivity (Wildman–Crippen MR) is 65.0 cm³/mol. The molecule has 2 N–H and O–H groups in total. The summed E-state index contributed by atoms with van der Waals surface area (Å²) in [6.07, 6.45) is 4.07. The monoisotopic (exact) mass is 210 g/mol. The molecule has 0 aromatic rings. The molecule has 2 unspecified atom stereocenters. The quantitative estimate of drug-likeness (QED) is 0.725. The van der Waals surface area contributed by atoms with Crippen LogP contribution in [0.4, 0.5) is 0 Å². The Labute approximate surface area is 94.2 Å². The summed E-state index contributed by atoms with van der Waals surface area (Å²) in [7, 11) is 0. The first kappa shape index (κ1) is 11.4. The van der Waals surface area contributed by atoms with Gasteiger partial charge in [-0.2, -0.15) is 0 Å². The summed E-state index contributed by atoms with van der Waals surface area (Å²) in [4.78, 5) is 0. The van der Waals surface area contributed by atoms with Gasteiger partial charge in [0.1, 0.15) is 0 Å². The highest BCUT2D eigenvalue weighted by Gasteiger charge is 2.45. The summed E-state index contributed by atoms with van der Waals surface area (Å²) < 4.78 is 0. The van der Waals surface area contributed by atoms with Crippen LogP contribution in [-0.4, -0.2) is 26.2 Å². The van der Waals surface area contributed by atoms with Crippen LogP contribution in [0.15, 0.2) is 0 Å². The van der Waals surface area contributed by atoms with Gasteiger partial charge in [-0.1, -0.05) is 20.8 Å². The maximum atomic E-state index is 3.70. The molecule has 2 heteroatoms. The third-order valence-corrected chi connectivity index (χ3v) is 4.69. The van der Waals surface area contributed by atoms with Crippen LogP contribution in [0, 0.1) is 16.7 Å². The molecule has 2 rings (SSSR count). The molecule has 1 aliphatic heterocycles. The Morgan fingerprint density at radius 1 is 1.40 bits per heavy atom. The zero-order valence-corrected chi connectivity index (χ0v) is 10.5. The second kappa shape index (κ2) is 4.06. The van der Waals surface area contributed by atoms with Crippen LogP contribution in [0.5, 0.6) is 0 Å². The van der Waals surface area contributed by atoms with Crippen molar-refractivity contribution in [2.75, 3.05) is 26.2 Å². The number of nitrogens with one attached hydrogen (secondary N) is 2. The fourth-order valence-corrected chi connectivity index (χ4v) is 2.81. The van der Waals surface area contributed by atoms with Crippen LogP contribution < -0.4 is 10.6 Å². The van der Waals surface area contributed by atoms with Gasteiger partial charge in [0.25, 0.3) is 0 Å². The molecule has 0 radical (unpaired) electrons. The molecule has 1 heterocycles. The van der Waals surface area contributed by atoms with Gasteiger partial charge in [0.05, 0.1) is 0 Å². The van der Waals surface area contributed by atoms with Gasteiger partial charge < -0.3 is 10.6 Å². The Morgan fingerprint density at radius 2 is 2.13 bits per heavy atom. The molecule has 1 saturated heterocycles. The summed E-state index contributed by atoms with van der Waals surface area (Å²) in [5.74, 6) is 0.931. The smallest absolute Gasteiger partial charge is 0.00205 e. The third kappa shape index (κ3) is 2.54. The first-order valence-electron chi connectivity index (χ1n) is 6.49. The van der Waals surface area contributed by atoms with Gasteiger partial charge in [0, 0.05) is 13.1 Å². The van der Waals surface area contributed by atoms with Crippen LogP contribution in [0.1, 0.15) is 40.0 Å². The first-order chi connectivity index (χ1) is 7.08. The van der Waals surface area contributed by atoms with Gasteiger partial charge in [-0.15, -0.1) is 0 Å². The summed E-state index contributed by atoms with van der Waals surface area (Å²) in [6.45, 7) is 12.0. The van der Waals surface area contributed by atoms with E-state index in [-0.39, 0.29) is 0 Å². The standard InChI is InChI=1S/C13H26N2/c1-4-13(5-6-14-9-13)10-15-8-11-7-12(11,2)3/h11,14-15H,4-10H2,1-3H3. The van der Waals surface area contributed by atoms with Gasteiger partial charge in [-0.3, -0.25) is 0 Å². The van der Waals surface area contributed by atoms with Gasteiger partial charge in [-0.05, 0) is 49.1 Å². The van der Waals surface area contributed by atoms with Crippen molar-refractivity contribution in [2.45, 2.75) is 40.0 Å². The van der Waals surface area contributed by atoms with Crippen LogP contribution >= 0.6 is 0 Å². The zero-order chi connectivity index (χ0) is 10.9. The first-order valence-corrected chi connectivity index (χ1v) is 6.49. The summed E-state index contributed by atoms with van der Waals surface area (Å²) >= 11 is 0. The lowest BCUT2D eigenvalue weighted by atomic mass is 9.84. The van der Waals surface area contributed by atoms with Gasteiger partial charge in [0.15, 0.2) is 0 Å². The molecule has 1 saturated carbocycles. The highest BCUT2D eigenvalue weighted by atomic mass is 15.0. The molecule has 1 aliphatic carbocycles. The lowest BCUT2D eigenvalue weighted by molar-refractivity contribution is 0.288. The Hall–Kier alpha value is -0.0800. The van der Waals surface area contributed by atoms with E-state index in [4.69, 9.17) is 0 Å². The molecule has 0 amide bonds. The van der Waals surface area contributed by atoms with E-state index in [1.54, 1.807) is 0 Å². The van der Waals surface area contributed by atoms with E-state index in [1.165, 1.54) is 45.4 Å². The van der Waals surface area contributed by atoms with Crippen molar-refractivity contribution in [3.8, 4) is 0 Å². The number of hydrogen-bond donors (Lipinski definition) is 2. The molecular weight excluding hydrogens is 184 g/mol. The van der Waals surface area contributed by atoms with E-state index in [0.29, 0.717) is 10.8 Å². The van der Waals surface area contributed by atoms with Crippen molar-refractivity contribution >= 4 is 0 Å². The number of hydrogen-bond acceptors (Lipinski definition) is 2. The van der Waals surface area contributed by atoms with Gasteiger partial charge in [-0.25, -0.2) is 0 Å². The summed E-state index contributed by atoms with van der Waals surface area (Å²) in [5, 5.41) is 7.19. The predicted octanol–water partition coefficient (Wildman–Crippen LogP) is 2.01. The molecule has 88 valence electrons. The molecule has 2 aliphatic rings. The Kier molecular flexibility index (Phi) is 3.09. The van der Waals surface area contributed by atoms with E-state index in [9.17, 15) is 0 Å². The molecule has 2 fully saturated rings. The van der Waals surface area contributed by atoms with E-state index >= 15 is 0 Å². The van der Waals surface area contributed by atoms with Crippen LogP contribution in [-0.2, 0) is 0 Å². The van der Waals surface area contributed by atoms with Crippen LogP contribution in [0.3, 0.4) is 0 Å². The Morgan fingerprint density at radius 3 is 2.60 bits per heavy atom. The lowest BCUT2D eigenvalue weighted by Crippen LogP contribution is -2.36. The SMILES string of the molecule is CCC1(CNCC2CC2(C)C)CCNC1. The van der Waals surface area contributed by atoms with Crippen molar-refractivity contribution in [3.63, 3.8) is 0 Å². The van der Waals surface area contributed by atoms with Crippen molar-refractivity contribution in [3.05, 3.63) is 0 Å². The largest absolute Gasteiger partial charge is 0.316 e. The van der Waals surface area contributed by atoms with Crippen LogP contribution in [0.25, 0.3) is 0 Å². The fraction of sp³-hybridized carbons (Fsp3) is 1.00. The third-order valence-electron chi connectivity index (χ3n) is 4.69. The van der Waals surface area contributed by atoms with Crippen molar-refractivity contribution in [1.82, 2.24) is 10.6 Å². The highest BCUT2D eigenvalue weighted by Crippen LogP contribution is 2.51. The lowest BCUT2D eigenvalue weighted by Gasteiger charge is -2.27. The van der Waals surface area contributed by atoms with E-state index in [1.807, 2.05) is 0 Å². The fourth-order valence-electron chi connectivity index (χ4n) is 2.81. The second-order valence-corrected chi connectivity index (χ2v) is 6.30. The van der Waals surface area contributed by atoms with Crippen molar-refractivity contribution < 1.29 is 0 Å². The van der Waals surface area contributed by atoms with E-state index in [0.717, 1.165) is 5.92 Å². The molecular formula is C13H26N2. The minimum Gasteiger partial charge on any atom is -0.316 e. The summed E-state index contributed by atoms with van der Waals surface area (Å²) in [6, 6.07) is 0. The Balaban J connectivity index is 1.68. The average molecular weight is 210 g/mol. The van der Waals surface area contributed by atoms with Crippen LogP contribution in [0.2, 0.25) is 0 Å². The van der Waals surface area contributed by atoms with Gasteiger partial charge in [0.2, 0.25) is 0 Å². The topological polar surface area (TPSA) is 24.1 Å². The molecule has 0 aromatic carbocycles. The summed E-state index contributed by atoms with van der Waals surface area (Å²) in [5.41, 5.74) is 1.18. The molecule has 0 aromatic heterocycles. The van der Waals surface area contributed by atoms with E-state index < -0.39 is 0 Å². The Bertz CT molecular complexity index is 217. The molecule has 0 spiro atoms. The second-order valence-electron chi connectivity index (χ2n) is 6.30. The molecule has 15 heavy (non-hydrogen) atoms. The maximum Gasteiger partial charge on any atom is 0.00205 e. The maximum absolute atomic E-state index is 3.70. The number of rotatable bonds is 5. The van der Waals surface area contributed by atoms with Crippen molar-refractivity contribution in [1.29, 1.82) is 0 Å². The molecule has 2 nitrogen and oxygen atoms in total. The minimum absolute atomic E-state index is 0.555. The van der Waals surface area contributed by atoms with Gasteiger partial charge >= 0.3 is 0 Å².